The van der Waals surface area contributed by atoms with Gasteiger partial charge in [0.1, 0.15) is 0 Å². The summed E-state index contributed by atoms with van der Waals surface area (Å²) in [5, 5.41) is 9.42. The number of piperidine rings is 3. The van der Waals surface area contributed by atoms with Gasteiger partial charge in [-0.05, 0) is 36.7 Å². The lowest BCUT2D eigenvalue weighted by Crippen LogP contribution is -2.47. The van der Waals surface area contributed by atoms with Gasteiger partial charge in [0, 0.05) is 77.8 Å². The van der Waals surface area contributed by atoms with Gasteiger partial charge in [-0.3, -0.25) is 13.6 Å². The predicted octanol–water partition coefficient (Wildman–Crippen LogP) is 2.71. The fourth-order valence-corrected chi connectivity index (χ4v) is 6.19. The Hall–Kier alpha value is -1.21. The Morgan fingerprint density at radius 1 is 0.562 bits per heavy atom. The number of likely N-dealkylation sites (tertiary alicyclic amines) is 3. The fourth-order valence-electron chi connectivity index (χ4n) is 4.18. The van der Waals surface area contributed by atoms with E-state index in [1.54, 1.807) is 0 Å². The van der Waals surface area contributed by atoms with Gasteiger partial charge in [-0.2, -0.15) is 0 Å². The normalized spacial score (nSPS) is 27.0. The molecule has 14 heteroatoms. The zero-order chi connectivity index (χ0) is 23.5. The van der Waals surface area contributed by atoms with Gasteiger partial charge in [0.15, 0.2) is 0 Å². The topological polar surface area (TPSA) is 143 Å². The van der Waals surface area contributed by atoms with Gasteiger partial charge in [0.2, 0.25) is 17.2 Å². The van der Waals surface area contributed by atoms with E-state index in [1.165, 1.54) is 0 Å². The summed E-state index contributed by atoms with van der Waals surface area (Å²) in [5.41, 5.74) is -4.98. The van der Waals surface area contributed by atoms with Crippen LogP contribution in [0.4, 0.5) is 0 Å². The minimum absolute atomic E-state index is 0.165. The second-order valence-electron chi connectivity index (χ2n) is 9.24. The first-order valence-corrected chi connectivity index (χ1v) is 12.4. The lowest BCUT2D eigenvalue weighted by atomic mass is 10.0. The summed E-state index contributed by atoms with van der Waals surface area (Å²) in [4.78, 5) is 41.4. The molecule has 0 aromatic heterocycles. The maximum Gasteiger partial charge on any atom is 0.481 e. The van der Waals surface area contributed by atoms with Gasteiger partial charge >= 0.3 is 7.82 Å². The molecule has 3 aliphatic heterocycles. The fraction of sp³-hybridized carbons (Fsp3) is 1.00. The van der Waals surface area contributed by atoms with E-state index in [-0.39, 0.29) is 38.5 Å². The molecule has 182 valence electrons. The van der Waals surface area contributed by atoms with E-state index in [2.05, 4.69) is 15.5 Å². The largest absolute Gasteiger partial charge is 0.481 e. The highest BCUT2D eigenvalue weighted by Gasteiger charge is 2.55. The van der Waals surface area contributed by atoms with Crippen molar-refractivity contribution >= 4 is 7.82 Å². The van der Waals surface area contributed by atoms with Crippen LogP contribution in [0.5, 0.6) is 0 Å². The lowest BCUT2D eigenvalue weighted by molar-refractivity contribution is -0.0974. The van der Waals surface area contributed by atoms with Crippen LogP contribution in [-0.4, -0.2) is 92.3 Å². The molecule has 0 unspecified atom stereocenters. The molecule has 0 amide bonds. The van der Waals surface area contributed by atoms with Crippen molar-refractivity contribution in [2.24, 2.45) is 15.5 Å². The first kappa shape index (κ1) is 25.4. The van der Waals surface area contributed by atoms with Gasteiger partial charge in [0.25, 0.3) is 0 Å². The van der Waals surface area contributed by atoms with Crippen LogP contribution in [-0.2, 0) is 18.1 Å². The summed E-state index contributed by atoms with van der Waals surface area (Å²) in [6.45, 7) is 2.89. The summed E-state index contributed by atoms with van der Waals surface area (Å²) in [7, 11) is 0.985. The second-order valence-corrected chi connectivity index (χ2v) is 10.7. The van der Waals surface area contributed by atoms with Crippen LogP contribution < -0.4 is 0 Å². The molecule has 0 atom stereocenters. The smallest absolute Gasteiger partial charge is 0.306 e. The average Bonchev–Trinajstić information content (AvgIpc) is 2.79. The number of nitrogens with zero attached hydrogens (tertiary/aromatic N) is 6. The minimum Gasteiger partial charge on any atom is -0.306 e. The average molecular weight is 476 g/mol. The predicted molar refractivity (Wildman–Crippen MR) is 117 cm³/mol. The Labute approximate surface area is 187 Å². The molecule has 0 radical (unpaired) electrons. The first-order valence-electron chi connectivity index (χ1n) is 10.9. The van der Waals surface area contributed by atoms with Crippen molar-refractivity contribution in [3.63, 3.8) is 0 Å². The quantitative estimate of drug-likeness (QED) is 0.360. The molecule has 0 spiro atoms. The Balaban J connectivity index is 1.90. The molecule has 3 aliphatic rings. The molecule has 32 heavy (non-hydrogen) atoms. The van der Waals surface area contributed by atoms with Crippen LogP contribution in [0.3, 0.4) is 0 Å². The third-order valence-electron chi connectivity index (χ3n) is 6.65. The molecule has 0 saturated carbocycles. The molecule has 3 saturated heterocycles. The number of hydrogen-bond donors (Lipinski definition) is 0. The monoisotopic (exact) mass is 476 g/mol. The van der Waals surface area contributed by atoms with E-state index in [9.17, 15) is 19.3 Å². The highest BCUT2D eigenvalue weighted by molar-refractivity contribution is 7.48. The van der Waals surface area contributed by atoms with Crippen molar-refractivity contribution in [3.8, 4) is 0 Å². The molecule has 3 heterocycles. The Kier molecular flexibility index (Phi) is 7.91. The van der Waals surface area contributed by atoms with Crippen molar-refractivity contribution in [1.82, 2.24) is 14.7 Å². The molecule has 0 aromatic rings. The summed E-state index contributed by atoms with van der Waals surface area (Å²) in [5.74, 6) is 0. The van der Waals surface area contributed by atoms with E-state index >= 15 is 0 Å². The maximum atomic E-state index is 14.1. The molecule has 0 aliphatic carbocycles. The van der Waals surface area contributed by atoms with E-state index in [0.717, 1.165) is 0 Å². The highest BCUT2D eigenvalue weighted by atomic mass is 31.2. The van der Waals surface area contributed by atoms with Crippen molar-refractivity contribution in [1.29, 1.82) is 0 Å². The van der Waals surface area contributed by atoms with Crippen molar-refractivity contribution in [2.75, 3.05) is 60.4 Å². The molecule has 3 rings (SSSR count). The maximum absolute atomic E-state index is 14.1. The van der Waals surface area contributed by atoms with Gasteiger partial charge in [-0.15, -0.1) is 14.7 Å². The van der Waals surface area contributed by atoms with Crippen molar-refractivity contribution in [3.05, 3.63) is 14.7 Å². The molecule has 0 N–H and O–H groups in total. The van der Waals surface area contributed by atoms with Crippen LogP contribution in [0.15, 0.2) is 15.5 Å². The number of nitroso groups, excluding NO2 is 3. The SMILES string of the molecule is CN1CCC(N=O)(OP(=O)(OC2(N=O)CCN(C)CC2)OC2(N=O)CCN(C)CC2)CC1. The van der Waals surface area contributed by atoms with Crippen molar-refractivity contribution in [2.45, 2.75) is 55.7 Å². The summed E-state index contributed by atoms with van der Waals surface area (Å²) in [6.07, 6.45) is 0.989. The van der Waals surface area contributed by atoms with E-state index < -0.39 is 25.0 Å². The van der Waals surface area contributed by atoms with Crippen LogP contribution in [0, 0.1) is 14.7 Å². The van der Waals surface area contributed by atoms with Crippen LogP contribution >= 0.6 is 7.82 Å². The highest BCUT2D eigenvalue weighted by Crippen LogP contribution is 2.62. The summed E-state index contributed by atoms with van der Waals surface area (Å²) in [6, 6.07) is 0. The van der Waals surface area contributed by atoms with E-state index in [1.807, 2.05) is 35.8 Å². The second kappa shape index (κ2) is 9.96. The summed E-state index contributed by atoms with van der Waals surface area (Å²) >= 11 is 0. The van der Waals surface area contributed by atoms with Gasteiger partial charge in [0.05, 0.1) is 0 Å². The number of phosphoric ester groups is 1. The zero-order valence-corrected chi connectivity index (χ0v) is 19.9. The number of hydrogen-bond acceptors (Lipinski definition) is 13. The minimum atomic E-state index is -4.67. The number of rotatable bonds is 9. The van der Waals surface area contributed by atoms with Gasteiger partial charge in [-0.1, -0.05) is 0 Å². The molecule has 13 nitrogen and oxygen atoms in total. The zero-order valence-electron chi connectivity index (χ0n) is 19.0. The van der Waals surface area contributed by atoms with Crippen molar-refractivity contribution < 1.29 is 18.1 Å². The Morgan fingerprint density at radius 2 is 0.781 bits per heavy atom. The molecular formula is C18H33N6O7P. The Bertz CT molecular complexity index is 636. The Morgan fingerprint density at radius 3 is 0.969 bits per heavy atom. The molecular weight excluding hydrogens is 443 g/mol. The lowest BCUT2D eigenvalue weighted by Gasteiger charge is -2.42. The van der Waals surface area contributed by atoms with Crippen LogP contribution in [0.2, 0.25) is 0 Å². The van der Waals surface area contributed by atoms with E-state index in [0.29, 0.717) is 39.3 Å². The third kappa shape index (κ3) is 5.82. The summed E-state index contributed by atoms with van der Waals surface area (Å²) < 4.78 is 31.3. The molecule has 3 fully saturated rings. The van der Waals surface area contributed by atoms with Gasteiger partial charge < -0.3 is 14.7 Å². The standard InChI is InChI=1S/C18H33N6O7P/c1-22-10-4-16(19-25,5-11-22)29-32(28,30-17(20-26)6-12-23(2)13-7-17)31-18(21-27)8-14-24(3)15-9-18/h4-15H2,1-3H3. The molecule has 0 aromatic carbocycles. The van der Waals surface area contributed by atoms with Crippen LogP contribution in [0.1, 0.15) is 38.5 Å². The first-order chi connectivity index (χ1) is 15.1. The van der Waals surface area contributed by atoms with Gasteiger partial charge in [-0.25, -0.2) is 4.57 Å². The third-order valence-corrected chi connectivity index (χ3v) is 8.34. The van der Waals surface area contributed by atoms with E-state index in [4.69, 9.17) is 13.6 Å². The van der Waals surface area contributed by atoms with Crippen LogP contribution in [0.25, 0.3) is 0 Å². The molecule has 0 bridgehead atoms. The number of phosphoric acid groups is 1.